The lowest BCUT2D eigenvalue weighted by atomic mass is 10.2. The summed E-state index contributed by atoms with van der Waals surface area (Å²) in [5, 5.41) is 2.50. The third-order valence-electron chi connectivity index (χ3n) is 4.50. The number of benzene rings is 2. The lowest BCUT2D eigenvalue weighted by Crippen LogP contribution is -2.42. The molecule has 0 radical (unpaired) electrons. The van der Waals surface area contributed by atoms with E-state index in [1.165, 1.54) is 49.7 Å². The molecular formula is C22H24N4O5S2. The standard InChI is InChI=1S/C22H24N4O5S2/c1-4-31-19-11-6-5-10-18(19)22-23-16(14-32-22)13-20(27)24-25-21(28)15-8-7-9-17(12-15)33(29,30)26(2)3/h5-12,14H,4,13H2,1-3H3,(H,24,27)(H,25,28). The van der Waals surface area contributed by atoms with Crippen LogP contribution in [0.25, 0.3) is 10.6 Å². The van der Waals surface area contributed by atoms with Crippen LogP contribution in [0, 0.1) is 0 Å². The highest BCUT2D eigenvalue weighted by molar-refractivity contribution is 7.89. The molecule has 1 aromatic heterocycles. The molecule has 2 aromatic carbocycles. The number of rotatable bonds is 8. The maximum absolute atomic E-state index is 12.4. The number of nitrogens with zero attached hydrogens (tertiary/aromatic N) is 2. The Morgan fingerprint density at radius 1 is 1.09 bits per heavy atom. The Labute approximate surface area is 196 Å². The van der Waals surface area contributed by atoms with Gasteiger partial charge in [0.25, 0.3) is 5.91 Å². The second-order valence-corrected chi connectivity index (χ2v) is 10.1. The van der Waals surface area contributed by atoms with Crippen molar-refractivity contribution < 1.29 is 22.7 Å². The number of para-hydroxylation sites is 1. The minimum Gasteiger partial charge on any atom is -0.493 e. The number of aromatic nitrogens is 1. The van der Waals surface area contributed by atoms with Crippen LogP contribution in [0.5, 0.6) is 5.75 Å². The molecule has 0 unspecified atom stereocenters. The van der Waals surface area contributed by atoms with Gasteiger partial charge in [-0.05, 0) is 37.3 Å². The molecule has 1 heterocycles. The summed E-state index contributed by atoms with van der Waals surface area (Å²) in [4.78, 5) is 29.1. The summed E-state index contributed by atoms with van der Waals surface area (Å²) < 4.78 is 31.2. The predicted molar refractivity (Wildman–Crippen MR) is 125 cm³/mol. The molecule has 3 rings (SSSR count). The van der Waals surface area contributed by atoms with E-state index in [9.17, 15) is 18.0 Å². The van der Waals surface area contributed by atoms with Gasteiger partial charge in [-0.15, -0.1) is 11.3 Å². The summed E-state index contributed by atoms with van der Waals surface area (Å²) in [6.45, 7) is 2.43. The van der Waals surface area contributed by atoms with Crippen LogP contribution < -0.4 is 15.6 Å². The van der Waals surface area contributed by atoms with Crippen molar-refractivity contribution in [1.82, 2.24) is 20.1 Å². The Bertz CT molecular complexity index is 1250. The van der Waals surface area contributed by atoms with Gasteiger partial charge in [0, 0.05) is 25.0 Å². The van der Waals surface area contributed by atoms with E-state index < -0.39 is 21.8 Å². The molecule has 0 spiro atoms. The first-order valence-corrected chi connectivity index (χ1v) is 12.3. The molecule has 33 heavy (non-hydrogen) atoms. The number of carbonyl (C=O) groups is 2. The highest BCUT2D eigenvalue weighted by Crippen LogP contribution is 2.32. The van der Waals surface area contributed by atoms with Crippen LogP contribution in [0.1, 0.15) is 23.0 Å². The molecule has 0 atom stereocenters. The van der Waals surface area contributed by atoms with Crippen LogP contribution in [-0.4, -0.2) is 50.2 Å². The van der Waals surface area contributed by atoms with Gasteiger partial charge in [0.15, 0.2) is 0 Å². The first-order valence-electron chi connectivity index (χ1n) is 10.0. The van der Waals surface area contributed by atoms with E-state index in [1.54, 1.807) is 5.38 Å². The average molecular weight is 489 g/mol. The van der Waals surface area contributed by atoms with Gasteiger partial charge >= 0.3 is 0 Å². The number of hydrazine groups is 1. The number of amides is 2. The van der Waals surface area contributed by atoms with Gasteiger partial charge in [-0.2, -0.15) is 0 Å². The Morgan fingerprint density at radius 3 is 2.58 bits per heavy atom. The van der Waals surface area contributed by atoms with Crippen molar-refractivity contribution in [3.8, 4) is 16.3 Å². The minimum absolute atomic E-state index is 0.0196. The van der Waals surface area contributed by atoms with E-state index in [4.69, 9.17) is 4.74 Å². The zero-order valence-electron chi connectivity index (χ0n) is 18.4. The lowest BCUT2D eigenvalue weighted by Gasteiger charge is -2.12. The van der Waals surface area contributed by atoms with Gasteiger partial charge < -0.3 is 4.74 Å². The molecule has 0 fully saturated rings. The fraction of sp³-hybridized carbons (Fsp3) is 0.227. The molecule has 0 aliphatic rings. The van der Waals surface area contributed by atoms with E-state index in [0.717, 1.165) is 20.6 Å². The molecule has 3 aromatic rings. The number of ether oxygens (including phenoxy) is 1. The van der Waals surface area contributed by atoms with Crippen molar-refractivity contribution in [3.05, 3.63) is 65.2 Å². The maximum atomic E-state index is 12.4. The molecule has 0 saturated heterocycles. The van der Waals surface area contributed by atoms with Crippen molar-refractivity contribution in [2.24, 2.45) is 0 Å². The van der Waals surface area contributed by atoms with Crippen LogP contribution in [0.2, 0.25) is 0 Å². The van der Waals surface area contributed by atoms with Crippen LogP contribution >= 0.6 is 11.3 Å². The maximum Gasteiger partial charge on any atom is 0.269 e. The summed E-state index contributed by atoms with van der Waals surface area (Å²) in [5.74, 6) is -0.379. The third-order valence-corrected chi connectivity index (χ3v) is 7.24. The fourth-order valence-corrected chi connectivity index (χ4v) is 4.65. The zero-order chi connectivity index (χ0) is 24.0. The van der Waals surface area contributed by atoms with Crippen LogP contribution in [0.15, 0.2) is 58.8 Å². The van der Waals surface area contributed by atoms with Gasteiger partial charge in [-0.1, -0.05) is 18.2 Å². The molecule has 174 valence electrons. The Balaban J connectivity index is 1.61. The molecule has 11 heteroatoms. The number of hydrogen-bond acceptors (Lipinski definition) is 7. The Morgan fingerprint density at radius 2 is 1.85 bits per heavy atom. The van der Waals surface area contributed by atoms with Crippen molar-refractivity contribution in [2.75, 3.05) is 20.7 Å². The number of nitrogens with one attached hydrogen (secondary N) is 2. The SMILES string of the molecule is CCOc1ccccc1-c1nc(CC(=O)NNC(=O)c2cccc(S(=O)(=O)N(C)C)c2)cs1. The molecule has 2 N–H and O–H groups in total. The number of thiazole rings is 1. The highest BCUT2D eigenvalue weighted by Gasteiger charge is 2.19. The van der Waals surface area contributed by atoms with E-state index >= 15 is 0 Å². The Hall–Kier alpha value is -3.28. The van der Waals surface area contributed by atoms with E-state index in [-0.39, 0.29) is 16.9 Å². The van der Waals surface area contributed by atoms with Crippen molar-refractivity contribution in [3.63, 3.8) is 0 Å². The van der Waals surface area contributed by atoms with E-state index in [1.807, 2.05) is 31.2 Å². The topological polar surface area (TPSA) is 118 Å². The smallest absolute Gasteiger partial charge is 0.269 e. The van der Waals surface area contributed by atoms with Crippen molar-refractivity contribution in [2.45, 2.75) is 18.2 Å². The quantitative estimate of drug-likeness (QED) is 0.471. The van der Waals surface area contributed by atoms with E-state index in [0.29, 0.717) is 12.3 Å². The summed E-state index contributed by atoms with van der Waals surface area (Å²) >= 11 is 1.39. The minimum atomic E-state index is -3.68. The monoisotopic (exact) mass is 488 g/mol. The van der Waals surface area contributed by atoms with Gasteiger partial charge in [-0.3, -0.25) is 20.4 Å². The predicted octanol–water partition coefficient (Wildman–Crippen LogP) is 2.46. The lowest BCUT2D eigenvalue weighted by molar-refractivity contribution is -0.121. The number of hydrogen-bond donors (Lipinski definition) is 2. The summed E-state index contributed by atoms with van der Waals surface area (Å²) in [7, 11) is -0.874. The van der Waals surface area contributed by atoms with Gasteiger partial charge in [0.2, 0.25) is 15.9 Å². The highest BCUT2D eigenvalue weighted by atomic mass is 32.2. The molecule has 0 saturated carbocycles. The molecule has 0 bridgehead atoms. The van der Waals surface area contributed by atoms with Crippen molar-refractivity contribution >= 4 is 33.2 Å². The molecular weight excluding hydrogens is 464 g/mol. The molecule has 2 amide bonds. The van der Waals surface area contributed by atoms with Gasteiger partial charge in [-0.25, -0.2) is 17.7 Å². The van der Waals surface area contributed by atoms with Crippen LogP contribution in [0.3, 0.4) is 0 Å². The summed E-state index contributed by atoms with van der Waals surface area (Å²) in [5.41, 5.74) is 6.12. The van der Waals surface area contributed by atoms with Gasteiger partial charge in [0.05, 0.1) is 29.2 Å². The van der Waals surface area contributed by atoms with Crippen LogP contribution in [0.4, 0.5) is 0 Å². The normalized spacial score (nSPS) is 11.3. The molecule has 0 aliphatic heterocycles. The second kappa shape index (κ2) is 10.6. The fourth-order valence-electron chi connectivity index (χ4n) is 2.85. The summed E-state index contributed by atoms with van der Waals surface area (Å²) in [6, 6.07) is 13.1. The number of sulfonamides is 1. The summed E-state index contributed by atoms with van der Waals surface area (Å²) in [6.07, 6.45) is -0.0391. The molecule has 0 aliphatic carbocycles. The largest absolute Gasteiger partial charge is 0.493 e. The third kappa shape index (κ3) is 5.95. The van der Waals surface area contributed by atoms with E-state index in [2.05, 4.69) is 15.8 Å². The first-order chi connectivity index (χ1) is 15.7. The molecule has 9 nitrogen and oxygen atoms in total. The average Bonchev–Trinajstić information content (AvgIpc) is 3.26. The zero-order valence-corrected chi connectivity index (χ0v) is 20.0. The first kappa shape index (κ1) is 24.4. The Kier molecular flexibility index (Phi) is 7.79. The number of carbonyl (C=O) groups excluding carboxylic acids is 2. The van der Waals surface area contributed by atoms with Crippen molar-refractivity contribution in [1.29, 1.82) is 0 Å². The van der Waals surface area contributed by atoms with Crippen LogP contribution in [-0.2, 0) is 21.2 Å². The second-order valence-electron chi connectivity index (χ2n) is 7.07. The van der Waals surface area contributed by atoms with Gasteiger partial charge in [0.1, 0.15) is 10.8 Å².